The third kappa shape index (κ3) is 5.69. The van der Waals surface area contributed by atoms with Crippen LogP contribution < -0.4 is 5.32 Å². The van der Waals surface area contributed by atoms with Crippen molar-refractivity contribution in [3.05, 3.63) is 59.8 Å². The summed E-state index contributed by atoms with van der Waals surface area (Å²) in [6.07, 6.45) is 5.03. The number of esters is 1. The van der Waals surface area contributed by atoms with Crippen LogP contribution >= 0.6 is 0 Å². The summed E-state index contributed by atoms with van der Waals surface area (Å²) < 4.78 is 4.98. The molecule has 0 spiro atoms. The highest BCUT2D eigenvalue weighted by Gasteiger charge is 2.13. The van der Waals surface area contributed by atoms with E-state index in [1.165, 1.54) is 5.56 Å². The lowest BCUT2D eigenvalue weighted by atomic mass is 10.00. The van der Waals surface area contributed by atoms with Gasteiger partial charge in [-0.25, -0.2) is 4.98 Å². The summed E-state index contributed by atoms with van der Waals surface area (Å²) in [6.45, 7) is 4.34. The topological polar surface area (TPSA) is 51.2 Å². The zero-order chi connectivity index (χ0) is 17.2. The number of anilines is 1. The molecule has 4 nitrogen and oxygen atoms in total. The Morgan fingerprint density at radius 1 is 1.17 bits per heavy atom. The van der Waals surface area contributed by atoms with Crippen LogP contribution in [0.5, 0.6) is 0 Å². The van der Waals surface area contributed by atoms with Gasteiger partial charge in [-0.1, -0.05) is 42.8 Å². The molecule has 1 unspecified atom stereocenters. The van der Waals surface area contributed by atoms with Crippen LogP contribution in [0.4, 0.5) is 5.82 Å². The van der Waals surface area contributed by atoms with E-state index in [-0.39, 0.29) is 12.0 Å². The van der Waals surface area contributed by atoms with Crippen molar-refractivity contribution in [3.63, 3.8) is 0 Å². The molecular formula is C20H26N2O2. The number of carbonyl (C=O) groups is 1. The van der Waals surface area contributed by atoms with Crippen molar-refractivity contribution in [1.29, 1.82) is 0 Å². The Labute approximate surface area is 144 Å². The molecule has 0 radical (unpaired) electrons. The normalized spacial score (nSPS) is 11.8. The van der Waals surface area contributed by atoms with E-state index in [0.29, 0.717) is 13.0 Å². The molecule has 0 bridgehead atoms. The Balaban J connectivity index is 1.97. The van der Waals surface area contributed by atoms with Gasteiger partial charge in [-0.15, -0.1) is 0 Å². The van der Waals surface area contributed by atoms with Gasteiger partial charge in [0.1, 0.15) is 5.82 Å². The SMILES string of the molecule is CCOC(=O)CCCCC(Nc1ncccc1C)c1ccccc1. The van der Waals surface area contributed by atoms with Crippen molar-refractivity contribution < 1.29 is 9.53 Å². The fraction of sp³-hybridized carbons (Fsp3) is 0.400. The van der Waals surface area contributed by atoms with E-state index < -0.39 is 0 Å². The molecule has 1 atom stereocenters. The van der Waals surface area contributed by atoms with Gasteiger partial charge in [-0.05, 0) is 43.9 Å². The van der Waals surface area contributed by atoms with Gasteiger partial charge in [0.2, 0.25) is 0 Å². The fourth-order valence-corrected chi connectivity index (χ4v) is 2.66. The maximum absolute atomic E-state index is 11.4. The third-order valence-electron chi connectivity index (χ3n) is 3.95. The average molecular weight is 326 g/mol. The average Bonchev–Trinajstić information content (AvgIpc) is 2.60. The molecule has 0 fully saturated rings. The largest absolute Gasteiger partial charge is 0.466 e. The minimum absolute atomic E-state index is 0.109. The van der Waals surface area contributed by atoms with Gasteiger partial charge in [0.05, 0.1) is 12.6 Å². The molecule has 2 aromatic rings. The van der Waals surface area contributed by atoms with Gasteiger partial charge < -0.3 is 10.1 Å². The maximum Gasteiger partial charge on any atom is 0.305 e. The lowest BCUT2D eigenvalue weighted by Crippen LogP contribution is -2.13. The number of hydrogen-bond acceptors (Lipinski definition) is 4. The molecule has 4 heteroatoms. The minimum atomic E-state index is -0.109. The van der Waals surface area contributed by atoms with Crippen molar-refractivity contribution in [3.8, 4) is 0 Å². The standard InChI is InChI=1S/C20H26N2O2/c1-3-24-19(23)14-8-7-13-18(17-11-5-4-6-12-17)22-20-16(2)10-9-15-21-20/h4-6,9-12,15,18H,3,7-8,13-14H2,1-2H3,(H,21,22). The number of rotatable bonds is 9. The van der Waals surface area contributed by atoms with E-state index >= 15 is 0 Å². The van der Waals surface area contributed by atoms with Crippen molar-refractivity contribution in [2.24, 2.45) is 0 Å². The van der Waals surface area contributed by atoms with E-state index in [1.54, 1.807) is 6.20 Å². The first-order chi connectivity index (χ1) is 11.7. The summed E-state index contributed by atoms with van der Waals surface area (Å²) in [4.78, 5) is 15.9. The molecule has 24 heavy (non-hydrogen) atoms. The molecule has 1 aromatic heterocycles. The summed E-state index contributed by atoms with van der Waals surface area (Å²) in [6, 6.07) is 14.6. The zero-order valence-electron chi connectivity index (χ0n) is 14.5. The Hall–Kier alpha value is -2.36. The smallest absolute Gasteiger partial charge is 0.305 e. The number of carbonyl (C=O) groups excluding carboxylic acids is 1. The molecule has 1 heterocycles. The van der Waals surface area contributed by atoms with E-state index in [2.05, 4.69) is 35.4 Å². The maximum atomic E-state index is 11.4. The summed E-state index contributed by atoms with van der Waals surface area (Å²) in [5.74, 6) is 0.805. The van der Waals surface area contributed by atoms with E-state index in [1.807, 2.05) is 31.2 Å². The number of pyridine rings is 1. The summed E-state index contributed by atoms with van der Waals surface area (Å²) in [5, 5.41) is 3.55. The second-order valence-corrected chi connectivity index (χ2v) is 5.83. The molecule has 128 valence electrons. The van der Waals surface area contributed by atoms with Crippen LogP contribution in [0, 0.1) is 6.92 Å². The third-order valence-corrected chi connectivity index (χ3v) is 3.95. The van der Waals surface area contributed by atoms with Crippen molar-refractivity contribution >= 4 is 11.8 Å². The van der Waals surface area contributed by atoms with Crippen molar-refractivity contribution in [1.82, 2.24) is 4.98 Å². The number of hydrogen-bond donors (Lipinski definition) is 1. The van der Waals surface area contributed by atoms with E-state index in [0.717, 1.165) is 30.6 Å². The molecule has 1 N–H and O–H groups in total. The molecule has 2 rings (SSSR count). The first-order valence-electron chi connectivity index (χ1n) is 8.59. The molecule has 0 saturated carbocycles. The quantitative estimate of drug-likeness (QED) is 0.537. The Morgan fingerprint density at radius 3 is 2.67 bits per heavy atom. The monoisotopic (exact) mass is 326 g/mol. The summed E-state index contributed by atoms with van der Waals surface area (Å²) >= 11 is 0. The van der Waals surface area contributed by atoms with Crippen LogP contribution in [0.25, 0.3) is 0 Å². The summed E-state index contributed by atoms with van der Waals surface area (Å²) in [7, 11) is 0. The zero-order valence-corrected chi connectivity index (χ0v) is 14.5. The first-order valence-corrected chi connectivity index (χ1v) is 8.59. The first kappa shape index (κ1) is 18.0. The Morgan fingerprint density at radius 2 is 1.96 bits per heavy atom. The van der Waals surface area contributed by atoms with Gasteiger partial charge in [0, 0.05) is 12.6 Å². The second kappa shape index (κ2) is 9.71. The van der Waals surface area contributed by atoms with E-state index in [4.69, 9.17) is 4.74 Å². The highest BCUT2D eigenvalue weighted by Crippen LogP contribution is 2.25. The van der Waals surface area contributed by atoms with Gasteiger partial charge in [-0.2, -0.15) is 0 Å². The second-order valence-electron chi connectivity index (χ2n) is 5.83. The van der Waals surface area contributed by atoms with Crippen LogP contribution in [0.1, 0.15) is 49.8 Å². The highest BCUT2D eigenvalue weighted by molar-refractivity contribution is 5.69. The molecule has 0 aliphatic rings. The molecule has 0 aliphatic carbocycles. The molecule has 0 amide bonds. The van der Waals surface area contributed by atoms with Crippen LogP contribution in [0.2, 0.25) is 0 Å². The van der Waals surface area contributed by atoms with Crippen molar-refractivity contribution in [2.75, 3.05) is 11.9 Å². The van der Waals surface area contributed by atoms with Gasteiger partial charge in [0.25, 0.3) is 0 Å². The number of nitrogens with zero attached hydrogens (tertiary/aromatic N) is 1. The molecule has 1 aromatic carbocycles. The molecular weight excluding hydrogens is 300 g/mol. The summed E-state index contributed by atoms with van der Waals surface area (Å²) in [5.41, 5.74) is 2.36. The fourth-order valence-electron chi connectivity index (χ4n) is 2.66. The molecule has 0 saturated heterocycles. The lowest BCUT2D eigenvalue weighted by molar-refractivity contribution is -0.143. The van der Waals surface area contributed by atoms with Crippen LogP contribution in [0.15, 0.2) is 48.7 Å². The number of aryl methyl sites for hydroxylation is 1. The van der Waals surface area contributed by atoms with Gasteiger partial charge in [0.15, 0.2) is 0 Å². The number of aromatic nitrogens is 1. The Bertz CT molecular complexity index is 629. The predicted octanol–water partition coefficient (Wildman–Crippen LogP) is 4.67. The number of ether oxygens (including phenoxy) is 1. The van der Waals surface area contributed by atoms with Crippen LogP contribution in [-0.4, -0.2) is 17.6 Å². The lowest BCUT2D eigenvalue weighted by Gasteiger charge is -2.21. The van der Waals surface area contributed by atoms with Crippen molar-refractivity contribution in [2.45, 2.75) is 45.6 Å². The highest BCUT2D eigenvalue weighted by atomic mass is 16.5. The molecule has 0 aliphatic heterocycles. The predicted molar refractivity (Wildman–Crippen MR) is 96.9 cm³/mol. The van der Waals surface area contributed by atoms with Crippen LogP contribution in [0.3, 0.4) is 0 Å². The van der Waals surface area contributed by atoms with Crippen LogP contribution in [-0.2, 0) is 9.53 Å². The number of unbranched alkanes of at least 4 members (excludes halogenated alkanes) is 1. The number of nitrogens with one attached hydrogen (secondary N) is 1. The minimum Gasteiger partial charge on any atom is -0.466 e. The van der Waals surface area contributed by atoms with E-state index in [9.17, 15) is 4.79 Å². The Kier molecular flexibility index (Phi) is 7.27. The van der Waals surface area contributed by atoms with Gasteiger partial charge >= 0.3 is 5.97 Å². The number of benzene rings is 1. The van der Waals surface area contributed by atoms with Gasteiger partial charge in [-0.3, -0.25) is 4.79 Å².